The Hall–Kier alpha value is -0.530. The van der Waals surface area contributed by atoms with Crippen molar-refractivity contribution in [3.63, 3.8) is 0 Å². The van der Waals surface area contributed by atoms with Gasteiger partial charge in [0.05, 0.1) is 5.84 Å². The second-order valence-corrected chi connectivity index (χ2v) is 1.61. The molecule has 0 saturated carbocycles. The highest BCUT2D eigenvalue weighted by Gasteiger charge is 1.91. The predicted molar refractivity (Wildman–Crippen MR) is 38.1 cm³/mol. The molecule has 0 atom stereocenters. The van der Waals surface area contributed by atoms with E-state index in [9.17, 15) is 0 Å². The van der Waals surface area contributed by atoms with Gasteiger partial charge in [0.1, 0.15) is 0 Å². The molecule has 8 heavy (non-hydrogen) atoms. The van der Waals surface area contributed by atoms with Crippen molar-refractivity contribution in [1.29, 1.82) is 5.41 Å². The van der Waals surface area contributed by atoms with Gasteiger partial charge in [-0.25, -0.2) is 0 Å². The third kappa shape index (κ3) is 9.08. The Morgan fingerprint density at radius 2 is 1.50 bits per heavy atom. The summed E-state index contributed by atoms with van der Waals surface area (Å²) in [4.78, 5) is 0. The highest BCUT2D eigenvalue weighted by molar-refractivity contribution is 5.78. The lowest BCUT2D eigenvalue weighted by molar-refractivity contribution is 0.865. The Labute approximate surface area is 51.6 Å². The molecule has 50 valence electrons. The SMILES string of the molecule is CC.CC(C)C(=N)N. The van der Waals surface area contributed by atoms with Crippen LogP contribution in [-0.4, -0.2) is 5.84 Å². The minimum Gasteiger partial charge on any atom is -0.387 e. The van der Waals surface area contributed by atoms with Crippen molar-refractivity contribution in [2.24, 2.45) is 11.7 Å². The number of nitrogens with one attached hydrogen (secondary N) is 1. The van der Waals surface area contributed by atoms with E-state index in [-0.39, 0.29) is 11.8 Å². The molecule has 2 heteroatoms. The molecule has 0 amide bonds. The first kappa shape index (κ1) is 10.5. The molecule has 0 saturated heterocycles. The Bertz CT molecular complexity index is 57.5. The smallest absolute Gasteiger partial charge is 0.0931 e. The first-order valence-electron chi connectivity index (χ1n) is 2.98. The van der Waals surface area contributed by atoms with Crippen LogP contribution >= 0.6 is 0 Å². The molecule has 0 heterocycles. The Morgan fingerprint density at radius 3 is 1.50 bits per heavy atom. The van der Waals surface area contributed by atoms with Crippen LogP contribution in [0.15, 0.2) is 0 Å². The van der Waals surface area contributed by atoms with Gasteiger partial charge in [0, 0.05) is 5.92 Å². The van der Waals surface area contributed by atoms with Crippen LogP contribution in [0.1, 0.15) is 27.7 Å². The van der Waals surface area contributed by atoms with Crippen LogP contribution in [0.2, 0.25) is 0 Å². The molecule has 0 aliphatic carbocycles. The summed E-state index contributed by atoms with van der Waals surface area (Å²) in [5, 5.41) is 6.73. The van der Waals surface area contributed by atoms with Crippen LogP contribution in [0.3, 0.4) is 0 Å². The molecule has 0 aliphatic rings. The van der Waals surface area contributed by atoms with Gasteiger partial charge in [-0.05, 0) is 0 Å². The van der Waals surface area contributed by atoms with E-state index in [0.29, 0.717) is 0 Å². The summed E-state index contributed by atoms with van der Waals surface area (Å²) >= 11 is 0. The molecule has 2 nitrogen and oxygen atoms in total. The molecule has 0 fully saturated rings. The summed E-state index contributed by atoms with van der Waals surface area (Å²) in [7, 11) is 0. The first-order valence-corrected chi connectivity index (χ1v) is 2.98. The van der Waals surface area contributed by atoms with Crippen LogP contribution < -0.4 is 5.73 Å². The van der Waals surface area contributed by atoms with E-state index < -0.39 is 0 Å². The lowest BCUT2D eigenvalue weighted by Gasteiger charge is -1.95. The third-order valence-corrected chi connectivity index (χ3v) is 0.622. The fraction of sp³-hybridized carbons (Fsp3) is 0.833. The molecule has 0 aliphatic heterocycles. The topological polar surface area (TPSA) is 49.9 Å². The number of hydrogen-bond acceptors (Lipinski definition) is 1. The van der Waals surface area contributed by atoms with E-state index in [1.54, 1.807) is 0 Å². The van der Waals surface area contributed by atoms with Gasteiger partial charge in [-0.2, -0.15) is 0 Å². The van der Waals surface area contributed by atoms with Gasteiger partial charge in [-0.1, -0.05) is 27.7 Å². The van der Waals surface area contributed by atoms with Crippen molar-refractivity contribution in [2.75, 3.05) is 0 Å². The zero-order valence-electron chi connectivity index (χ0n) is 6.15. The van der Waals surface area contributed by atoms with E-state index >= 15 is 0 Å². The van der Waals surface area contributed by atoms with Gasteiger partial charge in [0.2, 0.25) is 0 Å². The summed E-state index contributed by atoms with van der Waals surface area (Å²) in [6.45, 7) is 7.78. The Morgan fingerprint density at radius 1 is 1.38 bits per heavy atom. The van der Waals surface area contributed by atoms with E-state index in [4.69, 9.17) is 11.1 Å². The molecule has 0 aromatic heterocycles. The Kier molecular flexibility index (Phi) is 8.45. The molecule has 0 unspecified atom stereocenters. The van der Waals surface area contributed by atoms with Gasteiger partial charge in [0.25, 0.3) is 0 Å². The van der Waals surface area contributed by atoms with Crippen LogP contribution in [-0.2, 0) is 0 Å². The molecule has 0 radical (unpaired) electrons. The van der Waals surface area contributed by atoms with Gasteiger partial charge in [-0.15, -0.1) is 0 Å². The second kappa shape index (κ2) is 6.47. The van der Waals surface area contributed by atoms with E-state index in [2.05, 4.69) is 0 Å². The maximum Gasteiger partial charge on any atom is 0.0931 e. The number of hydrogen-bond donors (Lipinski definition) is 2. The normalized spacial score (nSPS) is 7.62. The molecule has 3 N–H and O–H groups in total. The van der Waals surface area contributed by atoms with Crippen molar-refractivity contribution in [1.82, 2.24) is 0 Å². The summed E-state index contributed by atoms with van der Waals surface area (Å²) in [5.41, 5.74) is 5.02. The van der Waals surface area contributed by atoms with Gasteiger partial charge >= 0.3 is 0 Å². The predicted octanol–water partition coefficient (Wildman–Crippen LogP) is 1.60. The molecule has 0 aromatic rings. The van der Waals surface area contributed by atoms with Crippen LogP contribution in [0.5, 0.6) is 0 Å². The van der Waals surface area contributed by atoms with Crippen molar-refractivity contribution < 1.29 is 0 Å². The standard InChI is InChI=1S/C4H10N2.C2H6/c1-3(2)4(5)6;1-2/h3H,1-2H3,(H3,5,6);1-2H3. The summed E-state index contributed by atoms with van der Waals surface area (Å²) in [5.74, 6) is 0.472. The van der Waals surface area contributed by atoms with Crippen molar-refractivity contribution in [3.05, 3.63) is 0 Å². The molecular formula is C6H16N2. The summed E-state index contributed by atoms with van der Waals surface area (Å²) < 4.78 is 0. The van der Waals surface area contributed by atoms with E-state index in [1.165, 1.54) is 0 Å². The van der Waals surface area contributed by atoms with E-state index in [1.807, 2.05) is 27.7 Å². The number of nitrogens with two attached hydrogens (primary N) is 1. The largest absolute Gasteiger partial charge is 0.387 e. The van der Waals surface area contributed by atoms with Crippen LogP contribution in [0.25, 0.3) is 0 Å². The fourth-order valence-electron chi connectivity index (χ4n) is 0. The Balaban J connectivity index is 0. The van der Waals surface area contributed by atoms with Crippen LogP contribution in [0, 0.1) is 11.3 Å². The molecular weight excluding hydrogens is 100 g/mol. The van der Waals surface area contributed by atoms with Gasteiger partial charge in [-0.3, -0.25) is 5.41 Å². The average molecular weight is 116 g/mol. The average Bonchev–Trinajstić information content (AvgIpc) is 1.72. The molecule has 0 aromatic carbocycles. The minimum absolute atomic E-state index is 0.213. The van der Waals surface area contributed by atoms with Crippen molar-refractivity contribution >= 4 is 5.84 Å². The highest BCUT2D eigenvalue weighted by Crippen LogP contribution is 1.85. The quantitative estimate of drug-likeness (QED) is 0.397. The van der Waals surface area contributed by atoms with Gasteiger partial charge < -0.3 is 5.73 Å². The zero-order chi connectivity index (χ0) is 7.15. The number of rotatable bonds is 1. The van der Waals surface area contributed by atoms with Crippen molar-refractivity contribution in [3.8, 4) is 0 Å². The third-order valence-electron chi connectivity index (χ3n) is 0.622. The lowest BCUT2D eigenvalue weighted by Crippen LogP contribution is -2.16. The van der Waals surface area contributed by atoms with E-state index in [0.717, 1.165) is 0 Å². The minimum atomic E-state index is 0.213. The number of amidine groups is 1. The lowest BCUT2D eigenvalue weighted by atomic mass is 10.2. The van der Waals surface area contributed by atoms with Gasteiger partial charge in [0.15, 0.2) is 0 Å². The summed E-state index contributed by atoms with van der Waals surface area (Å²) in [6, 6.07) is 0. The zero-order valence-corrected chi connectivity index (χ0v) is 6.15. The highest BCUT2D eigenvalue weighted by atomic mass is 14.7. The molecule has 0 bridgehead atoms. The first-order chi connectivity index (χ1) is 3.64. The molecule has 0 rings (SSSR count). The molecule has 0 spiro atoms. The van der Waals surface area contributed by atoms with Crippen LogP contribution in [0.4, 0.5) is 0 Å². The second-order valence-electron chi connectivity index (χ2n) is 1.61. The fourth-order valence-corrected chi connectivity index (χ4v) is 0. The van der Waals surface area contributed by atoms with Crippen molar-refractivity contribution in [2.45, 2.75) is 27.7 Å². The maximum absolute atomic E-state index is 6.73. The maximum atomic E-state index is 6.73. The monoisotopic (exact) mass is 116 g/mol. The summed E-state index contributed by atoms with van der Waals surface area (Å²) in [6.07, 6.45) is 0.